The number of aromatic amines is 1. The first kappa shape index (κ1) is 22.6. The van der Waals surface area contributed by atoms with Crippen LogP contribution < -0.4 is 14.9 Å². The number of ether oxygens (including phenoxy) is 1. The minimum atomic E-state index is -0.189. The molecule has 2 aromatic heterocycles. The lowest BCUT2D eigenvalue weighted by molar-refractivity contribution is -0.118. The van der Waals surface area contributed by atoms with Gasteiger partial charge in [-0.1, -0.05) is 41.4 Å². The lowest BCUT2D eigenvalue weighted by Crippen LogP contribution is -2.25. The van der Waals surface area contributed by atoms with Crippen molar-refractivity contribution in [2.24, 2.45) is 10.1 Å². The minimum absolute atomic E-state index is 0.00634. The van der Waals surface area contributed by atoms with E-state index in [1.807, 2.05) is 54.0 Å². The van der Waals surface area contributed by atoms with Crippen LogP contribution in [0.5, 0.6) is 5.75 Å². The lowest BCUT2D eigenvalue weighted by Gasteiger charge is -2.18. The van der Waals surface area contributed by atoms with Crippen molar-refractivity contribution >= 4 is 68.9 Å². The van der Waals surface area contributed by atoms with Crippen LogP contribution >= 0.6 is 34.5 Å². The molecule has 1 aliphatic rings. The number of carbonyl (C=O) groups is 1. The van der Waals surface area contributed by atoms with Crippen molar-refractivity contribution in [3.05, 3.63) is 92.7 Å². The Kier molecular flexibility index (Phi) is 5.85. The second kappa shape index (κ2) is 9.31. The van der Waals surface area contributed by atoms with Crippen molar-refractivity contribution in [2.45, 2.75) is 0 Å². The number of anilines is 1. The zero-order valence-corrected chi connectivity index (χ0v) is 20.9. The molecule has 7 nitrogen and oxygen atoms in total. The van der Waals surface area contributed by atoms with Crippen LogP contribution in [-0.4, -0.2) is 28.4 Å². The van der Waals surface area contributed by atoms with Gasteiger partial charge in [0.2, 0.25) is 4.80 Å². The van der Waals surface area contributed by atoms with Gasteiger partial charge in [-0.15, -0.1) is 11.3 Å². The second-order valence-corrected chi connectivity index (χ2v) is 9.66. The number of benzene rings is 3. The fraction of sp³-hybridized carbons (Fsp3) is 0.0385. The van der Waals surface area contributed by atoms with Gasteiger partial charge in [0.1, 0.15) is 5.75 Å². The summed E-state index contributed by atoms with van der Waals surface area (Å²) in [6.45, 7) is 0.00634. The monoisotopic (exact) mass is 533 g/mol. The number of hydrogen-bond acceptors (Lipinski definition) is 5. The van der Waals surface area contributed by atoms with Crippen LogP contribution in [0.4, 0.5) is 11.4 Å². The number of nitrogens with one attached hydrogen (secondary N) is 2. The van der Waals surface area contributed by atoms with Crippen molar-refractivity contribution in [3.63, 3.8) is 0 Å². The summed E-state index contributed by atoms with van der Waals surface area (Å²) < 4.78 is 7.27. The van der Waals surface area contributed by atoms with Crippen molar-refractivity contribution in [2.75, 3.05) is 11.9 Å². The van der Waals surface area contributed by atoms with Crippen LogP contribution in [0.15, 0.2) is 82.3 Å². The molecule has 0 spiro atoms. The molecule has 178 valence electrons. The number of nitrogens with zero attached hydrogens (tertiary/aromatic N) is 3. The molecule has 0 atom stereocenters. The standard InChI is InChI=1S/C26H17Cl2N5O2S/c27-19-7-6-17(10-20(19)28)31-26-33(30-12-16-11-29-21-4-2-1-3-18(16)21)23(14-36-26)15-5-8-24-22(9-15)32-25(34)13-35-24/h1-12,14,29H,13H2,(H,32,34). The Balaban J connectivity index is 1.49. The molecule has 0 radical (unpaired) electrons. The first-order valence-electron chi connectivity index (χ1n) is 10.9. The van der Waals surface area contributed by atoms with Crippen LogP contribution in [-0.2, 0) is 4.79 Å². The Bertz CT molecular complexity index is 1730. The molecule has 6 rings (SSSR count). The Morgan fingerprint density at radius 2 is 1.94 bits per heavy atom. The van der Waals surface area contributed by atoms with E-state index in [0.29, 0.717) is 32.0 Å². The molecule has 0 saturated heterocycles. The van der Waals surface area contributed by atoms with Crippen LogP contribution in [0.2, 0.25) is 10.0 Å². The van der Waals surface area contributed by atoms with E-state index < -0.39 is 0 Å². The number of carbonyl (C=O) groups excluding carboxylic acids is 1. The molecule has 10 heteroatoms. The molecule has 0 fully saturated rings. The molecule has 36 heavy (non-hydrogen) atoms. The fourth-order valence-corrected chi connectivity index (χ4v) is 5.06. The molecule has 0 saturated carbocycles. The minimum Gasteiger partial charge on any atom is -0.482 e. The summed E-state index contributed by atoms with van der Waals surface area (Å²) >= 11 is 13.7. The zero-order chi connectivity index (χ0) is 24.6. The third-order valence-corrected chi connectivity index (χ3v) is 7.21. The molecule has 3 heterocycles. The van der Waals surface area contributed by atoms with Gasteiger partial charge in [0.15, 0.2) is 6.61 Å². The molecule has 3 aromatic carbocycles. The highest BCUT2D eigenvalue weighted by Gasteiger charge is 2.18. The van der Waals surface area contributed by atoms with E-state index in [9.17, 15) is 4.79 Å². The largest absolute Gasteiger partial charge is 0.482 e. The average Bonchev–Trinajstić information content (AvgIpc) is 3.48. The average molecular weight is 534 g/mol. The number of thiazole rings is 1. The molecule has 0 aliphatic carbocycles. The van der Waals surface area contributed by atoms with Crippen molar-refractivity contribution in [1.29, 1.82) is 0 Å². The van der Waals surface area contributed by atoms with Crippen LogP contribution in [0, 0.1) is 0 Å². The second-order valence-electron chi connectivity index (χ2n) is 8.01. The number of aromatic nitrogens is 2. The van der Waals surface area contributed by atoms with Gasteiger partial charge in [0.25, 0.3) is 5.91 Å². The number of hydrogen-bond donors (Lipinski definition) is 2. The number of H-pyrrole nitrogens is 1. The highest BCUT2D eigenvalue weighted by Crippen LogP contribution is 2.33. The molecular weight excluding hydrogens is 517 g/mol. The van der Waals surface area contributed by atoms with Gasteiger partial charge < -0.3 is 15.0 Å². The predicted octanol–water partition coefficient (Wildman–Crippen LogP) is 6.45. The van der Waals surface area contributed by atoms with Crippen molar-refractivity contribution in [1.82, 2.24) is 9.66 Å². The number of rotatable bonds is 4. The molecule has 5 aromatic rings. The van der Waals surface area contributed by atoms with Gasteiger partial charge in [-0.3, -0.25) is 4.79 Å². The molecule has 2 N–H and O–H groups in total. The van der Waals surface area contributed by atoms with Crippen molar-refractivity contribution < 1.29 is 9.53 Å². The summed E-state index contributed by atoms with van der Waals surface area (Å²) in [6, 6.07) is 18.9. The molecule has 1 amide bonds. The first-order chi connectivity index (χ1) is 17.5. The van der Waals surface area contributed by atoms with E-state index >= 15 is 0 Å². The van der Waals surface area contributed by atoms with Gasteiger partial charge in [0, 0.05) is 33.6 Å². The van der Waals surface area contributed by atoms with E-state index in [2.05, 4.69) is 10.3 Å². The van der Waals surface area contributed by atoms with Crippen molar-refractivity contribution in [3.8, 4) is 17.0 Å². The first-order valence-corrected chi connectivity index (χ1v) is 12.6. The molecule has 1 aliphatic heterocycles. The molecule has 0 bridgehead atoms. The molecule has 0 unspecified atom stereocenters. The third-order valence-electron chi connectivity index (χ3n) is 5.65. The normalized spacial score (nSPS) is 13.7. The van der Waals surface area contributed by atoms with E-state index in [-0.39, 0.29) is 12.5 Å². The summed E-state index contributed by atoms with van der Waals surface area (Å²) in [5, 5.41) is 11.6. The highest BCUT2D eigenvalue weighted by molar-refractivity contribution is 7.07. The highest BCUT2D eigenvalue weighted by atomic mass is 35.5. The van der Waals surface area contributed by atoms with Gasteiger partial charge in [-0.25, -0.2) is 9.67 Å². The Morgan fingerprint density at radius 3 is 2.83 bits per heavy atom. The summed E-state index contributed by atoms with van der Waals surface area (Å²) in [4.78, 5) is 20.5. The summed E-state index contributed by atoms with van der Waals surface area (Å²) in [6.07, 6.45) is 3.72. The Morgan fingerprint density at radius 1 is 1.06 bits per heavy atom. The Labute approximate surface area is 219 Å². The summed E-state index contributed by atoms with van der Waals surface area (Å²) in [7, 11) is 0. The van der Waals surface area contributed by atoms with Gasteiger partial charge in [0.05, 0.1) is 33.3 Å². The van der Waals surface area contributed by atoms with E-state index in [1.54, 1.807) is 29.1 Å². The maximum atomic E-state index is 11.8. The SMILES string of the molecule is O=C1COc2ccc(-c3csc(=Nc4ccc(Cl)c(Cl)c4)n3N=Cc3c[nH]c4ccccc34)cc2N1. The quantitative estimate of drug-likeness (QED) is 0.260. The summed E-state index contributed by atoms with van der Waals surface area (Å²) in [5.74, 6) is 0.439. The number of halogens is 2. The third kappa shape index (κ3) is 4.30. The summed E-state index contributed by atoms with van der Waals surface area (Å²) in [5.41, 5.74) is 4.90. The number of fused-ring (bicyclic) bond motifs is 2. The Hall–Kier alpha value is -3.85. The number of amides is 1. The van der Waals surface area contributed by atoms with Gasteiger partial charge >= 0.3 is 0 Å². The fourth-order valence-electron chi connectivity index (χ4n) is 3.92. The van der Waals surface area contributed by atoms with Gasteiger partial charge in [-0.2, -0.15) is 5.10 Å². The number of para-hydroxylation sites is 1. The lowest BCUT2D eigenvalue weighted by atomic mass is 10.1. The maximum Gasteiger partial charge on any atom is 0.262 e. The maximum absolute atomic E-state index is 11.8. The van der Waals surface area contributed by atoms with E-state index in [4.69, 9.17) is 38.0 Å². The van der Waals surface area contributed by atoms with Gasteiger partial charge in [-0.05, 0) is 42.5 Å². The van der Waals surface area contributed by atoms with Crippen LogP contribution in [0.1, 0.15) is 5.56 Å². The van der Waals surface area contributed by atoms with E-state index in [0.717, 1.165) is 27.7 Å². The van der Waals surface area contributed by atoms with Crippen LogP contribution in [0.25, 0.3) is 22.2 Å². The zero-order valence-electron chi connectivity index (χ0n) is 18.5. The van der Waals surface area contributed by atoms with Crippen LogP contribution in [0.3, 0.4) is 0 Å². The smallest absolute Gasteiger partial charge is 0.262 e. The van der Waals surface area contributed by atoms with E-state index in [1.165, 1.54) is 11.3 Å². The molecular formula is C26H17Cl2N5O2S. The topological polar surface area (TPSA) is 83.8 Å². The predicted molar refractivity (Wildman–Crippen MR) is 145 cm³/mol.